The number of rotatable bonds is 0. The Hall–Kier alpha value is -1.13. The summed E-state index contributed by atoms with van der Waals surface area (Å²) in [5.41, 5.74) is 6.36. The number of anilines is 2. The summed E-state index contributed by atoms with van der Waals surface area (Å²) >= 11 is 11.8. The maximum Gasteiger partial charge on any atom is 0.265 e. The summed E-state index contributed by atoms with van der Waals surface area (Å²) in [4.78, 5) is 11.3. The van der Waals surface area contributed by atoms with Gasteiger partial charge in [0.1, 0.15) is 5.02 Å². The van der Waals surface area contributed by atoms with Crippen LogP contribution in [0.25, 0.3) is 0 Å². The zero-order valence-corrected chi connectivity index (χ0v) is 9.32. The van der Waals surface area contributed by atoms with Crippen molar-refractivity contribution in [2.75, 3.05) is 11.1 Å². The van der Waals surface area contributed by atoms with Crippen LogP contribution in [0.3, 0.4) is 0 Å². The molecule has 0 aromatic heterocycles. The van der Waals surface area contributed by atoms with Crippen LogP contribution in [0.2, 0.25) is 10.0 Å². The number of ether oxygens (including phenoxy) is 1. The highest BCUT2D eigenvalue weighted by molar-refractivity contribution is 6.45. The molecule has 1 aromatic carbocycles. The lowest BCUT2D eigenvalue weighted by atomic mass is 10.2. The molecule has 0 saturated heterocycles. The van der Waals surface area contributed by atoms with Gasteiger partial charge in [0.2, 0.25) is 0 Å². The first-order chi connectivity index (χ1) is 7.00. The molecule has 1 heterocycles. The Bertz CT molecular complexity index is 448. The van der Waals surface area contributed by atoms with E-state index in [-0.39, 0.29) is 16.0 Å². The normalized spacial score (nSPS) is 19.1. The number of nitrogen functional groups attached to an aromatic ring is 1. The van der Waals surface area contributed by atoms with Crippen LogP contribution in [0.4, 0.5) is 11.4 Å². The van der Waals surface area contributed by atoms with Gasteiger partial charge in [0, 0.05) is 0 Å². The molecule has 0 spiro atoms. The van der Waals surface area contributed by atoms with Crippen LogP contribution in [0.15, 0.2) is 6.07 Å². The van der Waals surface area contributed by atoms with Gasteiger partial charge in [0.25, 0.3) is 5.91 Å². The highest BCUT2D eigenvalue weighted by Gasteiger charge is 2.27. The van der Waals surface area contributed by atoms with Crippen molar-refractivity contribution >= 4 is 40.5 Å². The first kappa shape index (κ1) is 10.4. The molecule has 0 bridgehead atoms. The second kappa shape index (κ2) is 3.47. The summed E-state index contributed by atoms with van der Waals surface area (Å²) in [7, 11) is 0. The quantitative estimate of drug-likeness (QED) is 0.691. The molecular formula is C9H8Cl2N2O2. The zero-order chi connectivity index (χ0) is 11.2. The number of halogens is 2. The van der Waals surface area contributed by atoms with Crippen LogP contribution in [-0.4, -0.2) is 12.0 Å². The Morgan fingerprint density at radius 2 is 2.13 bits per heavy atom. The fourth-order valence-corrected chi connectivity index (χ4v) is 1.70. The highest BCUT2D eigenvalue weighted by Crippen LogP contribution is 2.44. The number of benzene rings is 1. The van der Waals surface area contributed by atoms with Crippen LogP contribution in [-0.2, 0) is 4.79 Å². The number of nitrogens with one attached hydrogen (secondary N) is 1. The van der Waals surface area contributed by atoms with Gasteiger partial charge >= 0.3 is 0 Å². The predicted molar refractivity (Wildman–Crippen MR) is 59.6 cm³/mol. The first-order valence-corrected chi connectivity index (χ1v) is 5.01. The van der Waals surface area contributed by atoms with Crippen molar-refractivity contribution in [2.24, 2.45) is 0 Å². The van der Waals surface area contributed by atoms with Gasteiger partial charge in [-0.3, -0.25) is 4.79 Å². The van der Waals surface area contributed by atoms with Crippen LogP contribution in [0.1, 0.15) is 6.92 Å². The van der Waals surface area contributed by atoms with Crippen molar-refractivity contribution in [2.45, 2.75) is 13.0 Å². The lowest BCUT2D eigenvalue weighted by molar-refractivity contribution is -0.122. The van der Waals surface area contributed by atoms with E-state index in [4.69, 9.17) is 33.7 Å². The molecule has 0 radical (unpaired) electrons. The van der Waals surface area contributed by atoms with Crippen molar-refractivity contribution < 1.29 is 9.53 Å². The third-order valence-corrected chi connectivity index (χ3v) is 2.98. The molecule has 0 aliphatic carbocycles. The number of carbonyl (C=O) groups is 1. The van der Waals surface area contributed by atoms with Crippen LogP contribution < -0.4 is 15.8 Å². The van der Waals surface area contributed by atoms with Crippen LogP contribution in [0.5, 0.6) is 5.75 Å². The van der Waals surface area contributed by atoms with Crippen LogP contribution in [0, 0.1) is 0 Å². The summed E-state index contributed by atoms with van der Waals surface area (Å²) in [6.07, 6.45) is -0.588. The van der Waals surface area contributed by atoms with Gasteiger partial charge in [-0.15, -0.1) is 0 Å². The standard InChI is InChI=1S/C9H8Cl2N2O2/c1-3-9(14)13-5-2-4(12)6(10)7(11)8(5)15-3/h2-3H,12H2,1H3,(H,13,14). The monoisotopic (exact) mass is 246 g/mol. The van der Waals surface area contributed by atoms with E-state index in [9.17, 15) is 4.79 Å². The van der Waals surface area contributed by atoms with Gasteiger partial charge in [-0.05, 0) is 13.0 Å². The third kappa shape index (κ3) is 1.60. The fourth-order valence-electron chi connectivity index (χ4n) is 1.30. The maximum atomic E-state index is 11.3. The lowest BCUT2D eigenvalue weighted by Gasteiger charge is -2.24. The highest BCUT2D eigenvalue weighted by atomic mass is 35.5. The summed E-state index contributed by atoms with van der Waals surface area (Å²) in [6.45, 7) is 1.62. The van der Waals surface area contributed by atoms with E-state index in [1.807, 2.05) is 0 Å². The van der Waals surface area contributed by atoms with Crippen molar-refractivity contribution in [3.63, 3.8) is 0 Å². The van der Waals surface area contributed by atoms with E-state index in [0.717, 1.165) is 0 Å². The molecule has 1 aliphatic rings. The Kier molecular flexibility index (Phi) is 2.40. The third-order valence-electron chi connectivity index (χ3n) is 2.11. The molecule has 6 heteroatoms. The summed E-state index contributed by atoms with van der Waals surface area (Å²) < 4.78 is 5.33. The molecule has 15 heavy (non-hydrogen) atoms. The second-order valence-electron chi connectivity index (χ2n) is 3.22. The minimum Gasteiger partial charge on any atom is -0.477 e. The Balaban J connectivity index is 2.58. The second-order valence-corrected chi connectivity index (χ2v) is 3.98. The van der Waals surface area contributed by atoms with Gasteiger partial charge in [-0.1, -0.05) is 23.2 Å². The number of carbonyl (C=O) groups excluding carboxylic acids is 1. The molecule has 4 nitrogen and oxygen atoms in total. The lowest BCUT2D eigenvalue weighted by Crippen LogP contribution is -2.34. The number of hydrogen-bond acceptors (Lipinski definition) is 3. The first-order valence-electron chi connectivity index (χ1n) is 4.25. The van der Waals surface area contributed by atoms with Gasteiger partial charge < -0.3 is 15.8 Å². The number of hydrogen-bond donors (Lipinski definition) is 2. The average Bonchev–Trinajstić information content (AvgIpc) is 2.19. The molecule has 1 unspecified atom stereocenters. The van der Waals surface area contributed by atoms with E-state index in [0.29, 0.717) is 17.1 Å². The van der Waals surface area contributed by atoms with Crippen molar-refractivity contribution in [1.82, 2.24) is 0 Å². The average molecular weight is 247 g/mol. The summed E-state index contributed by atoms with van der Waals surface area (Å²) in [6, 6.07) is 1.52. The predicted octanol–water partition coefficient (Wildman–Crippen LogP) is 2.29. The van der Waals surface area contributed by atoms with Crippen LogP contribution >= 0.6 is 23.2 Å². The molecule has 3 N–H and O–H groups in total. The zero-order valence-electron chi connectivity index (χ0n) is 7.80. The van der Waals surface area contributed by atoms with Crippen molar-refractivity contribution in [3.05, 3.63) is 16.1 Å². The van der Waals surface area contributed by atoms with E-state index in [2.05, 4.69) is 5.32 Å². The molecule has 80 valence electrons. The molecular weight excluding hydrogens is 239 g/mol. The summed E-state index contributed by atoms with van der Waals surface area (Å²) in [5, 5.41) is 3.09. The minimum atomic E-state index is -0.588. The Labute approximate surface area is 96.3 Å². The molecule has 0 saturated carbocycles. The van der Waals surface area contributed by atoms with Crippen molar-refractivity contribution in [3.8, 4) is 5.75 Å². The Morgan fingerprint density at radius 3 is 2.80 bits per heavy atom. The van der Waals surface area contributed by atoms with Gasteiger partial charge in [0.15, 0.2) is 11.9 Å². The smallest absolute Gasteiger partial charge is 0.265 e. The number of nitrogens with two attached hydrogens (primary N) is 1. The molecule has 1 aliphatic heterocycles. The topological polar surface area (TPSA) is 64.3 Å². The maximum absolute atomic E-state index is 11.3. The molecule has 1 aromatic rings. The van der Waals surface area contributed by atoms with Crippen molar-refractivity contribution in [1.29, 1.82) is 0 Å². The van der Waals surface area contributed by atoms with E-state index in [1.165, 1.54) is 6.07 Å². The number of amides is 1. The van der Waals surface area contributed by atoms with Gasteiger partial charge in [0.05, 0.1) is 16.4 Å². The Morgan fingerprint density at radius 1 is 1.47 bits per heavy atom. The largest absolute Gasteiger partial charge is 0.477 e. The van der Waals surface area contributed by atoms with E-state index >= 15 is 0 Å². The molecule has 1 amide bonds. The van der Waals surface area contributed by atoms with E-state index in [1.54, 1.807) is 6.92 Å². The fraction of sp³-hybridized carbons (Fsp3) is 0.222. The molecule has 1 atom stereocenters. The molecule has 2 rings (SSSR count). The molecule has 0 fully saturated rings. The minimum absolute atomic E-state index is 0.221. The number of fused-ring (bicyclic) bond motifs is 1. The SMILES string of the molecule is CC1Oc2c(cc(N)c(Cl)c2Cl)NC1=O. The summed E-state index contributed by atoms with van der Waals surface area (Å²) in [5.74, 6) is 0.128. The van der Waals surface area contributed by atoms with Gasteiger partial charge in [-0.2, -0.15) is 0 Å². The van der Waals surface area contributed by atoms with E-state index < -0.39 is 6.10 Å². The van der Waals surface area contributed by atoms with Gasteiger partial charge in [-0.25, -0.2) is 0 Å².